The minimum Gasteiger partial charge on any atom is -0.370 e. The van der Waals surface area contributed by atoms with Gasteiger partial charge in [-0.2, -0.15) is 0 Å². The molecule has 0 spiro atoms. The Morgan fingerprint density at radius 2 is 1.61 bits per heavy atom. The molecular weight excluding hydrogens is 284 g/mol. The van der Waals surface area contributed by atoms with Gasteiger partial charge in [0.05, 0.1) is 0 Å². The molecule has 23 heavy (non-hydrogen) atoms. The van der Waals surface area contributed by atoms with E-state index >= 15 is 0 Å². The lowest BCUT2D eigenvalue weighted by atomic mass is 9.75. The van der Waals surface area contributed by atoms with E-state index in [4.69, 9.17) is 0 Å². The first-order valence-corrected chi connectivity index (χ1v) is 8.74. The molecule has 3 nitrogen and oxygen atoms in total. The molecule has 4 unspecified atom stereocenters. The number of hydrogen-bond acceptors (Lipinski definition) is 2. The van der Waals surface area contributed by atoms with Gasteiger partial charge < -0.3 is 10.2 Å². The summed E-state index contributed by atoms with van der Waals surface area (Å²) < 4.78 is 0. The molecule has 118 valence electrons. The molecule has 0 radical (unpaired) electrons. The van der Waals surface area contributed by atoms with Gasteiger partial charge in [0, 0.05) is 43.2 Å². The summed E-state index contributed by atoms with van der Waals surface area (Å²) in [5.74, 6) is 2.46. The third kappa shape index (κ3) is 1.92. The highest BCUT2D eigenvalue weighted by Gasteiger charge is 2.42. The fourth-order valence-corrected chi connectivity index (χ4v) is 5.15. The van der Waals surface area contributed by atoms with E-state index in [2.05, 4.69) is 46.7 Å². The van der Waals surface area contributed by atoms with E-state index in [1.807, 2.05) is 0 Å². The number of carbonyl (C=O) groups excluding carboxylic acids is 1. The van der Waals surface area contributed by atoms with Crippen molar-refractivity contribution in [3.8, 4) is 0 Å². The van der Waals surface area contributed by atoms with Gasteiger partial charge in [0.2, 0.25) is 5.91 Å². The molecule has 0 fully saturated rings. The number of rotatable bonds is 1. The quantitative estimate of drug-likeness (QED) is 0.800. The van der Waals surface area contributed by atoms with Crippen molar-refractivity contribution in [1.82, 2.24) is 0 Å². The number of nitrogens with one attached hydrogen (secondary N) is 1. The second kappa shape index (κ2) is 4.73. The van der Waals surface area contributed by atoms with Gasteiger partial charge in [-0.05, 0) is 47.9 Å². The Hall–Kier alpha value is -2.03. The maximum Gasteiger partial charge on any atom is 0.221 e. The van der Waals surface area contributed by atoms with Crippen molar-refractivity contribution >= 4 is 17.3 Å². The van der Waals surface area contributed by atoms with Gasteiger partial charge in [-0.1, -0.05) is 24.3 Å². The zero-order valence-electron chi connectivity index (χ0n) is 13.5. The third-order valence-electron chi connectivity index (χ3n) is 6.01. The predicted octanol–water partition coefficient (Wildman–Crippen LogP) is 3.80. The second-order valence-electron chi connectivity index (χ2n) is 7.49. The summed E-state index contributed by atoms with van der Waals surface area (Å²) >= 11 is 0. The highest BCUT2D eigenvalue weighted by molar-refractivity contribution is 5.90. The largest absolute Gasteiger partial charge is 0.370 e. The number of benzene rings is 1. The van der Waals surface area contributed by atoms with Gasteiger partial charge in [-0.25, -0.2) is 0 Å². The molecule has 0 saturated carbocycles. The van der Waals surface area contributed by atoms with Gasteiger partial charge in [0.25, 0.3) is 0 Å². The molecule has 2 aliphatic carbocycles. The minimum atomic E-state index is 0.0117. The van der Waals surface area contributed by atoms with Crippen LogP contribution in [0.3, 0.4) is 0 Å². The molecule has 1 aromatic rings. The van der Waals surface area contributed by atoms with Crippen LogP contribution in [0.15, 0.2) is 36.4 Å². The Labute approximate surface area is 137 Å². The third-order valence-corrected chi connectivity index (χ3v) is 6.01. The van der Waals surface area contributed by atoms with Gasteiger partial charge in [0.1, 0.15) is 0 Å². The number of anilines is 2. The van der Waals surface area contributed by atoms with E-state index in [1.165, 1.54) is 42.7 Å². The van der Waals surface area contributed by atoms with Gasteiger partial charge in [-0.3, -0.25) is 4.79 Å². The summed E-state index contributed by atoms with van der Waals surface area (Å²) in [7, 11) is 0. The molecular formula is C20H22N2O. The molecule has 0 aromatic heterocycles. The first-order chi connectivity index (χ1) is 11.2. The Balaban J connectivity index is 1.71. The minimum absolute atomic E-state index is 0.0117. The summed E-state index contributed by atoms with van der Waals surface area (Å²) in [5, 5.41) is 3.02. The number of allylic oxidation sites excluding steroid dienone is 4. The SMILES string of the molecule is CC(=O)Nc1cc2c3c(c1)C1C=CCC1CN3CC1CC=CC21. The fourth-order valence-electron chi connectivity index (χ4n) is 5.15. The molecule has 0 bridgehead atoms. The van der Waals surface area contributed by atoms with Crippen LogP contribution in [0.1, 0.15) is 42.7 Å². The van der Waals surface area contributed by atoms with Gasteiger partial charge in [0.15, 0.2) is 0 Å². The predicted molar refractivity (Wildman–Crippen MR) is 92.9 cm³/mol. The topological polar surface area (TPSA) is 32.3 Å². The summed E-state index contributed by atoms with van der Waals surface area (Å²) in [6.45, 7) is 3.95. The summed E-state index contributed by atoms with van der Waals surface area (Å²) in [5.41, 5.74) is 5.28. The normalized spacial score (nSPS) is 32.5. The van der Waals surface area contributed by atoms with Crippen LogP contribution in [0.25, 0.3) is 0 Å². The molecule has 5 rings (SSSR count). The van der Waals surface area contributed by atoms with Crippen LogP contribution in [0.4, 0.5) is 11.4 Å². The standard InChI is InChI=1S/C20H22N2O/c1-12(23)21-15-8-18-16-6-2-4-13(16)10-22-11-14-5-3-7-17(14)19(9-15)20(18)22/h2-3,6-9,13-14,16-17H,4-5,10-11H2,1H3,(H,21,23). The Morgan fingerprint density at radius 1 is 1.04 bits per heavy atom. The summed E-state index contributed by atoms with van der Waals surface area (Å²) in [6, 6.07) is 4.44. The summed E-state index contributed by atoms with van der Waals surface area (Å²) in [6.07, 6.45) is 11.8. The van der Waals surface area contributed by atoms with Gasteiger partial charge in [-0.15, -0.1) is 0 Å². The van der Waals surface area contributed by atoms with Crippen molar-refractivity contribution in [2.45, 2.75) is 31.6 Å². The maximum absolute atomic E-state index is 11.6. The molecule has 1 amide bonds. The van der Waals surface area contributed by atoms with E-state index in [9.17, 15) is 4.79 Å². The molecule has 2 aliphatic heterocycles. The number of fused-ring (bicyclic) bond motifs is 4. The average molecular weight is 306 g/mol. The van der Waals surface area contributed by atoms with Crippen LogP contribution in [0.5, 0.6) is 0 Å². The molecule has 3 heteroatoms. The number of carbonyl (C=O) groups is 1. The van der Waals surface area contributed by atoms with Crippen LogP contribution in [-0.2, 0) is 4.79 Å². The number of hydrogen-bond donors (Lipinski definition) is 1. The number of nitrogens with zero attached hydrogens (tertiary/aromatic N) is 1. The van der Waals surface area contributed by atoms with Gasteiger partial charge >= 0.3 is 0 Å². The molecule has 0 saturated heterocycles. The molecule has 1 N–H and O–H groups in total. The second-order valence-corrected chi connectivity index (χ2v) is 7.49. The first-order valence-electron chi connectivity index (χ1n) is 8.74. The summed E-state index contributed by atoms with van der Waals surface area (Å²) in [4.78, 5) is 14.2. The van der Waals surface area contributed by atoms with E-state index in [1.54, 1.807) is 6.92 Å². The van der Waals surface area contributed by atoms with Crippen molar-refractivity contribution in [3.05, 3.63) is 47.6 Å². The monoisotopic (exact) mass is 306 g/mol. The van der Waals surface area contributed by atoms with Crippen LogP contribution in [0, 0.1) is 11.8 Å². The maximum atomic E-state index is 11.6. The smallest absolute Gasteiger partial charge is 0.221 e. The van der Waals surface area contributed by atoms with E-state index < -0.39 is 0 Å². The van der Waals surface area contributed by atoms with Crippen molar-refractivity contribution in [3.63, 3.8) is 0 Å². The molecule has 2 heterocycles. The van der Waals surface area contributed by atoms with Crippen molar-refractivity contribution in [2.24, 2.45) is 11.8 Å². The van der Waals surface area contributed by atoms with E-state index in [0.717, 1.165) is 5.69 Å². The van der Waals surface area contributed by atoms with E-state index in [0.29, 0.717) is 23.7 Å². The lowest BCUT2D eigenvalue weighted by molar-refractivity contribution is -0.114. The fraction of sp³-hybridized carbons (Fsp3) is 0.450. The highest BCUT2D eigenvalue weighted by atomic mass is 16.1. The highest BCUT2D eigenvalue weighted by Crippen LogP contribution is 2.53. The molecule has 4 aliphatic rings. The van der Waals surface area contributed by atoms with Crippen molar-refractivity contribution in [2.75, 3.05) is 23.3 Å². The average Bonchev–Trinajstić information content (AvgIpc) is 3.14. The lowest BCUT2D eigenvalue weighted by Gasteiger charge is -2.46. The lowest BCUT2D eigenvalue weighted by Crippen LogP contribution is -2.43. The van der Waals surface area contributed by atoms with E-state index in [-0.39, 0.29) is 5.91 Å². The molecule has 4 atom stereocenters. The zero-order chi connectivity index (χ0) is 15.6. The Kier molecular flexibility index (Phi) is 2.76. The number of amides is 1. The first kappa shape index (κ1) is 13.4. The van der Waals surface area contributed by atoms with Crippen molar-refractivity contribution < 1.29 is 4.79 Å². The Bertz CT molecular complexity index is 697. The van der Waals surface area contributed by atoms with Crippen LogP contribution >= 0.6 is 0 Å². The van der Waals surface area contributed by atoms with Crippen LogP contribution in [0.2, 0.25) is 0 Å². The van der Waals surface area contributed by atoms with Crippen molar-refractivity contribution in [1.29, 1.82) is 0 Å². The molecule has 1 aromatic carbocycles. The van der Waals surface area contributed by atoms with Crippen LogP contribution in [-0.4, -0.2) is 19.0 Å². The zero-order valence-corrected chi connectivity index (χ0v) is 13.5. The van der Waals surface area contributed by atoms with Crippen LogP contribution < -0.4 is 10.2 Å². The Morgan fingerprint density at radius 3 is 2.13 bits per heavy atom.